The van der Waals surface area contributed by atoms with E-state index in [4.69, 9.17) is 22.1 Å². The van der Waals surface area contributed by atoms with E-state index in [2.05, 4.69) is 28.8 Å². The first kappa shape index (κ1) is 21.1. The van der Waals surface area contributed by atoms with Gasteiger partial charge in [-0.25, -0.2) is 0 Å². The van der Waals surface area contributed by atoms with Crippen LogP contribution in [0.4, 0.5) is 0 Å². The zero-order valence-electron chi connectivity index (χ0n) is 18.4. The minimum Gasteiger partial charge on any atom is -0.497 e. The average Bonchev–Trinajstić information content (AvgIpc) is 3.14. The van der Waals surface area contributed by atoms with Crippen molar-refractivity contribution in [2.24, 2.45) is 5.73 Å². The molecule has 33 heavy (non-hydrogen) atoms. The van der Waals surface area contributed by atoms with E-state index >= 15 is 0 Å². The Morgan fingerprint density at radius 1 is 0.939 bits per heavy atom. The first-order chi connectivity index (χ1) is 16.0. The van der Waals surface area contributed by atoms with Crippen LogP contribution in [0.15, 0.2) is 78.9 Å². The summed E-state index contributed by atoms with van der Waals surface area (Å²) in [4.78, 5) is 12.2. The molecule has 0 aliphatic heterocycles. The van der Waals surface area contributed by atoms with E-state index in [1.54, 1.807) is 13.2 Å². The normalized spacial score (nSPS) is 11.2. The first-order valence-electron chi connectivity index (χ1n) is 10.7. The Morgan fingerprint density at radius 3 is 2.39 bits per heavy atom. The van der Waals surface area contributed by atoms with Crippen LogP contribution < -0.4 is 10.5 Å². The van der Waals surface area contributed by atoms with Gasteiger partial charge in [0.25, 0.3) is 0 Å². The summed E-state index contributed by atoms with van der Waals surface area (Å²) in [5, 5.41) is 2.61. The van der Waals surface area contributed by atoms with E-state index < -0.39 is 5.91 Å². The van der Waals surface area contributed by atoms with Crippen LogP contribution in [-0.2, 0) is 6.54 Å². The maximum atomic E-state index is 12.2. The molecule has 164 valence electrons. The van der Waals surface area contributed by atoms with Crippen molar-refractivity contribution in [1.29, 1.82) is 0 Å². The molecule has 0 spiro atoms. The van der Waals surface area contributed by atoms with Crippen molar-refractivity contribution in [3.8, 4) is 16.9 Å². The number of ether oxygens (including phenoxy) is 1. The Hall–Kier alpha value is -3.76. The molecule has 0 radical (unpaired) electrons. The van der Waals surface area contributed by atoms with E-state index in [9.17, 15) is 4.79 Å². The molecular formula is C28H23ClN2O2. The molecule has 1 amide bonds. The molecular weight excluding hydrogens is 432 g/mol. The van der Waals surface area contributed by atoms with Crippen LogP contribution in [0.3, 0.4) is 0 Å². The van der Waals surface area contributed by atoms with Crippen LogP contribution >= 0.6 is 11.6 Å². The monoisotopic (exact) mass is 454 g/mol. The van der Waals surface area contributed by atoms with Gasteiger partial charge >= 0.3 is 0 Å². The average molecular weight is 455 g/mol. The van der Waals surface area contributed by atoms with Gasteiger partial charge in [0.2, 0.25) is 5.91 Å². The lowest BCUT2D eigenvalue weighted by Gasteiger charge is -2.11. The number of fused-ring (bicyclic) bond motifs is 3. The number of methoxy groups -OCH3 is 1. The Bertz CT molecular complexity index is 1520. The zero-order valence-corrected chi connectivity index (χ0v) is 19.2. The number of rotatable bonds is 5. The molecule has 0 bridgehead atoms. The van der Waals surface area contributed by atoms with Gasteiger partial charge in [0.05, 0.1) is 18.1 Å². The minimum atomic E-state index is -0.433. The number of aryl methyl sites for hydroxylation is 1. The van der Waals surface area contributed by atoms with Gasteiger partial charge in [-0.15, -0.1) is 0 Å². The van der Waals surface area contributed by atoms with Crippen LogP contribution in [0.5, 0.6) is 5.75 Å². The SMILES string of the molecule is COc1ccc(-c2ccc3c4c(C(N)=O)cccc4n(Cc4ccc(C)c(Cl)c4)c3c2)cc1. The van der Waals surface area contributed by atoms with Crippen molar-refractivity contribution in [3.63, 3.8) is 0 Å². The van der Waals surface area contributed by atoms with Gasteiger partial charge in [-0.3, -0.25) is 4.79 Å². The topological polar surface area (TPSA) is 57.2 Å². The predicted octanol–water partition coefficient (Wildman–Crippen LogP) is 6.58. The van der Waals surface area contributed by atoms with Crippen molar-refractivity contribution in [2.75, 3.05) is 7.11 Å². The third kappa shape index (κ3) is 3.73. The molecule has 1 aromatic heterocycles. The second-order valence-corrected chi connectivity index (χ2v) is 8.60. The third-order valence-electron chi connectivity index (χ3n) is 6.16. The zero-order chi connectivity index (χ0) is 23.1. The molecule has 5 aromatic rings. The van der Waals surface area contributed by atoms with Crippen LogP contribution in [-0.4, -0.2) is 17.6 Å². The van der Waals surface area contributed by atoms with E-state index in [1.165, 1.54) is 0 Å². The Labute approximate surface area is 197 Å². The van der Waals surface area contributed by atoms with Crippen molar-refractivity contribution >= 4 is 39.3 Å². The number of benzene rings is 4. The van der Waals surface area contributed by atoms with Gasteiger partial charge in [-0.2, -0.15) is 0 Å². The first-order valence-corrected chi connectivity index (χ1v) is 11.1. The number of primary amides is 1. The van der Waals surface area contributed by atoms with Crippen molar-refractivity contribution in [3.05, 3.63) is 101 Å². The minimum absolute atomic E-state index is 0.433. The number of aromatic nitrogens is 1. The second kappa shape index (κ2) is 8.30. The fourth-order valence-corrected chi connectivity index (χ4v) is 4.60. The molecule has 4 nitrogen and oxygen atoms in total. The molecule has 2 N–H and O–H groups in total. The number of carbonyl (C=O) groups excluding carboxylic acids is 1. The molecule has 0 unspecified atom stereocenters. The lowest BCUT2D eigenvalue weighted by Crippen LogP contribution is -2.11. The molecule has 0 aliphatic rings. The Balaban J connectivity index is 1.76. The number of hydrogen-bond acceptors (Lipinski definition) is 2. The fraction of sp³-hybridized carbons (Fsp3) is 0.107. The summed E-state index contributed by atoms with van der Waals surface area (Å²) >= 11 is 6.41. The summed E-state index contributed by atoms with van der Waals surface area (Å²) in [6, 6.07) is 26.1. The number of nitrogens with two attached hydrogens (primary N) is 1. The van der Waals surface area contributed by atoms with Crippen LogP contribution in [0.1, 0.15) is 21.5 Å². The van der Waals surface area contributed by atoms with E-state index in [1.807, 2.05) is 55.5 Å². The maximum Gasteiger partial charge on any atom is 0.249 e. The van der Waals surface area contributed by atoms with Gasteiger partial charge in [0, 0.05) is 27.9 Å². The van der Waals surface area contributed by atoms with Gasteiger partial charge in [-0.05, 0) is 65.6 Å². The quantitative estimate of drug-likeness (QED) is 0.326. The summed E-state index contributed by atoms with van der Waals surface area (Å²) in [5.74, 6) is 0.383. The molecule has 5 heteroatoms. The van der Waals surface area contributed by atoms with Crippen LogP contribution in [0.25, 0.3) is 32.9 Å². The van der Waals surface area contributed by atoms with Crippen LogP contribution in [0.2, 0.25) is 5.02 Å². The highest BCUT2D eigenvalue weighted by Crippen LogP contribution is 2.35. The van der Waals surface area contributed by atoms with E-state index in [0.717, 1.165) is 54.8 Å². The number of hydrogen-bond donors (Lipinski definition) is 1. The summed E-state index contributed by atoms with van der Waals surface area (Å²) < 4.78 is 7.52. The summed E-state index contributed by atoms with van der Waals surface area (Å²) in [6.45, 7) is 2.61. The molecule has 0 aliphatic carbocycles. The van der Waals surface area contributed by atoms with Gasteiger partial charge in [-0.1, -0.05) is 54.1 Å². The molecule has 0 fully saturated rings. The van der Waals surface area contributed by atoms with Crippen molar-refractivity contribution < 1.29 is 9.53 Å². The maximum absolute atomic E-state index is 12.2. The molecule has 5 rings (SSSR count). The second-order valence-electron chi connectivity index (χ2n) is 8.19. The van der Waals surface area contributed by atoms with Crippen molar-refractivity contribution in [2.45, 2.75) is 13.5 Å². The third-order valence-corrected chi connectivity index (χ3v) is 6.56. The number of nitrogens with zero attached hydrogens (tertiary/aromatic N) is 1. The van der Waals surface area contributed by atoms with Gasteiger partial charge in [0.15, 0.2) is 0 Å². The van der Waals surface area contributed by atoms with Gasteiger partial charge < -0.3 is 15.0 Å². The smallest absolute Gasteiger partial charge is 0.249 e. The number of carbonyl (C=O) groups is 1. The summed E-state index contributed by atoms with van der Waals surface area (Å²) in [6.07, 6.45) is 0. The van der Waals surface area contributed by atoms with Crippen LogP contribution in [0, 0.1) is 6.92 Å². The summed E-state index contributed by atoms with van der Waals surface area (Å²) in [7, 11) is 1.66. The molecule has 4 aromatic carbocycles. The van der Waals surface area contributed by atoms with Gasteiger partial charge in [0.1, 0.15) is 5.75 Å². The number of halogens is 1. The van der Waals surface area contributed by atoms with E-state index in [0.29, 0.717) is 12.1 Å². The molecule has 0 saturated carbocycles. The lowest BCUT2D eigenvalue weighted by atomic mass is 10.0. The molecule has 1 heterocycles. The number of amides is 1. The molecule has 0 saturated heterocycles. The highest BCUT2D eigenvalue weighted by molar-refractivity contribution is 6.31. The lowest BCUT2D eigenvalue weighted by molar-refractivity contribution is 0.100. The Morgan fingerprint density at radius 2 is 1.70 bits per heavy atom. The fourth-order valence-electron chi connectivity index (χ4n) is 4.40. The molecule has 0 atom stereocenters. The standard InChI is InChI=1S/C28H23ClN2O2/c1-17-6-7-18(14-24(17)29)16-31-25-5-3-4-23(28(30)32)27(25)22-13-10-20(15-26(22)31)19-8-11-21(33-2)12-9-19/h3-15H,16H2,1-2H3,(H2,30,32). The largest absolute Gasteiger partial charge is 0.497 e. The van der Waals surface area contributed by atoms with Crippen molar-refractivity contribution in [1.82, 2.24) is 4.57 Å². The highest BCUT2D eigenvalue weighted by Gasteiger charge is 2.17. The highest BCUT2D eigenvalue weighted by atomic mass is 35.5. The Kier molecular flexibility index (Phi) is 5.31. The van der Waals surface area contributed by atoms with E-state index in [-0.39, 0.29) is 0 Å². The predicted molar refractivity (Wildman–Crippen MR) is 135 cm³/mol. The summed E-state index contributed by atoms with van der Waals surface area (Å²) in [5.41, 5.74) is 12.6.